The van der Waals surface area contributed by atoms with Gasteiger partial charge < -0.3 is 5.32 Å². The molecule has 1 heteroatoms. The molecule has 0 aromatic heterocycles. The van der Waals surface area contributed by atoms with E-state index in [1.807, 2.05) is 0 Å². The van der Waals surface area contributed by atoms with E-state index in [0.717, 1.165) is 5.92 Å². The zero-order valence-electron chi connectivity index (χ0n) is 13.1. The highest BCUT2D eigenvalue weighted by molar-refractivity contribution is 5.14. The Kier molecular flexibility index (Phi) is 7.14. The summed E-state index contributed by atoms with van der Waals surface area (Å²) in [4.78, 5) is 0. The Labute approximate surface area is 125 Å². The second-order valence-corrected chi connectivity index (χ2v) is 6.44. The van der Waals surface area contributed by atoms with E-state index in [4.69, 9.17) is 0 Å². The maximum atomic E-state index is 3.77. The van der Waals surface area contributed by atoms with Gasteiger partial charge >= 0.3 is 0 Å². The van der Waals surface area contributed by atoms with Crippen molar-refractivity contribution in [3.63, 3.8) is 0 Å². The van der Waals surface area contributed by atoms with Crippen molar-refractivity contribution < 1.29 is 0 Å². The fraction of sp³-hybridized carbons (Fsp3) is 0.684. The summed E-state index contributed by atoms with van der Waals surface area (Å²) in [6.07, 6.45) is 12.5. The van der Waals surface area contributed by atoms with Crippen LogP contribution < -0.4 is 5.32 Å². The molecule has 0 spiro atoms. The lowest BCUT2D eigenvalue weighted by Gasteiger charge is -2.23. The molecule has 0 saturated heterocycles. The smallest absolute Gasteiger partial charge is 0.00669 e. The lowest BCUT2D eigenvalue weighted by Crippen LogP contribution is -2.34. The SMILES string of the molecule is C[C@@H](NCCCCc1ccccc1)C1CCCCCC1. The standard InChI is InChI=1S/C19H31N/c1-17(19-14-7-2-3-8-15-19)20-16-10-9-13-18-11-5-4-6-12-18/h4-6,11-12,17,19-20H,2-3,7-10,13-16H2,1H3/t17-/m1/s1. The predicted molar refractivity (Wildman–Crippen MR) is 88.0 cm³/mol. The van der Waals surface area contributed by atoms with Crippen molar-refractivity contribution in [1.82, 2.24) is 5.32 Å². The molecule has 1 aliphatic rings. The van der Waals surface area contributed by atoms with Gasteiger partial charge in [-0.05, 0) is 57.1 Å². The summed E-state index contributed by atoms with van der Waals surface area (Å²) in [6.45, 7) is 3.58. The quantitative estimate of drug-likeness (QED) is 0.547. The van der Waals surface area contributed by atoms with Gasteiger partial charge in [-0.3, -0.25) is 0 Å². The molecule has 1 N–H and O–H groups in total. The molecule has 20 heavy (non-hydrogen) atoms. The van der Waals surface area contributed by atoms with Crippen LogP contribution in [0.1, 0.15) is 63.9 Å². The second-order valence-electron chi connectivity index (χ2n) is 6.44. The van der Waals surface area contributed by atoms with Crippen LogP contribution in [0.25, 0.3) is 0 Å². The van der Waals surface area contributed by atoms with Gasteiger partial charge in [0.1, 0.15) is 0 Å². The second kappa shape index (κ2) is 9.18. The Balaban J connectivity index is 1.56. The molecule has 1 saturated carbocycles. The number of rotatable bonds is 7. The van der Waals surface area contributed by atoms with Gasteiger partial charge in [0.25, 0.3) is 0 Å². The van der Waals surface area contributed by atoms with Crippen molar-refractivity contribution in [2.45, 2.75) is 70.8 Å². The first kappa shape index (κ1) is 15.6. The van der Waals surface area contributed by atoms with Crippen LogP contribution in [0.5, 0.6) is 0 Å². The van der Waals surface area contributed by atoms with Crippen LogP contribution in [0, 0.1) is 5.92 Å². The highest BCUT2D eigenvalue weighted by Crippen LogP contribution is 2.25. The molecule has 2 rings (SSSR count). The summed E-state index contributed by atoms with van der Waals surface area (Å²) in [7, 11) is 0. The minimum absolute atomic E-state index is 0.713. The van der Waals surface area contributed by atoms with E-state index in [9.17, 15) is 0 Å². The fourth-order valence-corrected chi connectivity index (χ4v) is 3.41. The topological polar surface area (TPSA) is 12.0 Å². The van der Waals surface area contributed by atoms with Crippen LogP contribution in [-0.4, -0.2) is 12.6 Å². The van der Waals surface area contributed by atoms with Gasteiger partial charge in [-0.2, -0.15) is 0 Å². The van der Waals surface area contributed by atoms with Crippen LogP contribution in [0.4, 0.5) is 0 Å². The van der Waals surface area contributed by atoms with Crippen LogP contribution in [0.2, 0.25) is 0 Å². The fourth-order valence-electron chi connectivity index (χ4n) is 3.41. The molecule has 1 aliphatic carbocycles. The summed E-state index contributed by atoms with van der Waals surface area (Å²) in [5.74, 6) is 0.923. The molecule has 1 aromatic rings. The van der Waals surface area contributed by atoms with Crippen molar-refractivity contribution >= 4 is 0 Å². The zero-order valence-corrected chi connectivity index (χ0v) is 13.1. The Morgan fingerprint density at radius 1 is 1.00 bits per heavy atom. The molecule has 0 unspecified atom stereocenters. The van der Waals surface area contributed by atoms with E-state index in [1.54, 1.807) is 0 Å². The number of unbranched alkanes of at least 4 members (excludes halogenated alkanes) is 1. The molecule has 1 nitrogen and oxygen atoms in total. The minimum atomic E-state index is 0.713. The van der Waals surface area contributed by atoms with Crippen LogP contribution in [0.15, 0.2) is 30.3 Å². The van der Waals surface area contributed by atoms with Gasteiger partial charge in [0, 0.05) is 6.04 Å². The van der Waals surface area contributed by atoms with Crippen molar-refractivity contribution in [2.75, 3.05) is 6.54 Å². The first-order valence-electron chi connectivity index (χ1n) is 8.63. The number of hydrogen-bond donors (Lipinski definition) is 1. The Morgan fingerprint density at radius 3 is 2.40 bits per heavy atom. The van der Waals surface area contributed by atoms with E-state index in [1.165, 1.54) is 69.9 Å². The predicted octanol–water partition coefficient (Wildman–Crippen LogP) is 4.96. The number of aryl methyl sites for hydroxylation is 1. The Hall–Kier alpha value is -0.820. The number of hydrogen-bond acceptors (Lipinski definition) is 1. The average Bonchev–Trinajstić information content (AvgIpc) is 2.77. The van der Waals surface area contributed by atoms with Crippen molar-refractivity contribution in [1.29, 1.82) is 0 Å². The zero-order chi connectivity index (χ0) is 14.0. The average molecular weight is 273 g/mol. The monoisotopic (exact) mass is 273 g/mol. The van der Waals surface area contributed by atoms with E-state index in [2.05, 4.69) is 42.6 Å². The highest BCUT2D eigenvalue weighted by Gasteiger charge is 2.17. The molecule has 0 heterocycles. The maximum Gasteiger partial charge on any atom is 0.00669 e. The lowest BCUT2D eigenvalue weighted by atomic mass is 9.93. The van der Waals surface area contributed by atoms with Gasteiger partial charge in [-0.15, -0.1) is 0 Å². The molecule has 1 aromatic carbocycles. The molecule has 0 aliphatic heterocycles. The first-order valence-corrected chi connectivity index (χ1v) is 8.63. The molecule has 1 atom stereocenters. The third kappa shape index (κ3) is 5.66. The Bertz CT molecular complexity index is 338. The van der Waals surface area contributed by atoms with Crippen molar-refractivity contribution in [3.05, 3.63) is 35.9 Å². The maximum absolute atomic E-state index is 3.77. The van der Waals surface area contributed by atoms with E-state index < -0.39 is 0 Å². The number of nitrogens with one attached hydrogen (secondary N) is 1. The summed E-state index contributed by atoms with van der Waals surface area (Å²) in [5.41, 5.74) is 1.48. The van der Waals surface area contributed by atoms with Gasteiger partial charge in [-0.25, -0.2) is 0 Å². The molecule has 0 amide bonds. The van der Waals surface area contributed by atoms with Crippen molar-refractivity contribution in [2.24, 2.45) is 5.92 Å². The molecular weight excluding hydrogens is 242 g/mol. The Morgan fingerprint density at radius 2 is 1.70 bits per heavy atom. The molecular formula is C19H31N. The van der Waals surface area contributed by atoms with E-state index in [0.29, 0.717) is 6.04 Å². The highest BCUT2D eigenvalue weighted by atomic mass is 14.9. The van der Waals surface area contributed by atoms with Crippen molar-refractivity contribution in [3.8, 4) is 0 Å². The summed E-state index contributed by atoms with van der Waals surface area (Å²) in [5, 5.41) is 3.77. The third-order valence-electron chi connectivity index (χ3n) is 4.81. The summed E-state index contributed by atoms with van der Waals surface area (Å²) in [6, 6.07) is 11.6. The first-order chi connectivity index (χ1) is 9.86. The largest absolute Gasteiger partial charge is 0.314 e. The molecule has 112 valence electrons. The van der Waals surface area contributed by atoms with Gasteiger partial charge in [0.2, 0.25) is 0 Å². The van der Waals surface area contributed by atoms with E-state index in [-0.39, 0.29) is 0 Å². The molecule has 0 bridgehead atoms. The van der Waals surface area contributed by atoms with Gasteiger partial charge in [-0.1, -0.05) is 56.0 Å². The van der Waals surface area contributed by atoms with Gasteiger partial charge in [0.05, 0.1) is 0 Å². The van der Waals surface area contributed by atoms with Crippen LogP contribution in [0.3, 0.4) is 0 Å². The molecule has 1 fully saturated rings. The minimum Gasteiger partial charge on any atom is -0.314 e. The van der Waals surface area contributed by atoms with Gasteiger partial charge in [0.15, 0.2) is 0 Å². The third-order valence-corrected chi connectivity index (χ3v) is 4.81. The normalized spacial score (nSPS) is 18.6. The summed E-state index contributed by atoms with van der Waals surface area (Å²) < 4.78 is 0. The molecule has 0 radical (unpaired) electrons. The van der Waals surface area contributed by atoms with Crippen LogP contribution >= 0.6 is 0 Å². The van der Waals surface area contributed by atoms with Crippen LogP contribution in [-0.2, 0) is 6.42 Å². The summed E-state index contributed by atoms with van der Waals surface area (Å²) >= 11 is 0. The number of benzene rings is 1. The lowest BCUT2D eigenvalue weighted by molar-refractivity contribution is 0.336. The van der Waals surface area contributed by atoms with E-state index >= 15 is 0 Å².